The van der Waals surface area contributed by atoms with Gasteiger partial charge >= 0.3 is 0 Å². The van der Waals surface area contributed by atoms with E-state index in [0.29, 0.717) is 38.3 Å². The lowest BCUT2D eigenvalue weighted by Crippen LogP contribution is -2.60. The van der Waals surface area contributed by atoms with Crippen LogP contribution >= 0.6 is 0 Å². The topological polar surface area (TPSA) is 77.2 Å². The molecule has 0 aromatic carbocycles. The quantitative estimate of drug-likeness (QED) is 0.638. The van der Waals surface area contributed by atoms with E-state index in [1.807, 2.05) is 23.8 Å². The van der Waals surface area contributed by atoms with E-state index in [-0.39, 0.29) is 35.4 Å². The number of amides is 2. The van der Waals surface area contributed by atoms with Crippen molar-refractivity contribution in [3.63, 3.8) is 0 Å². The molecule has 8 heteroatoms. The van der Waals surface area contributed by atoms with Crippen molar-refractivity contribution in [2.45, 2.75) is 75.5 Å². The molecule has 0 spiro atoms. The highest BCUT2D eigenvalue weighted by Crippen LogP contribution is 2.42. The second kappa shape index (κ2) is 8.61. The van der Waals surface area contributed by atoms with Crippen LogP contribution in [0.15, 0.2) is 0 Å². The molecule has 3 saturated heterocycles. The largest absolute Gasteiger partial charge is 0.379 e. The van der Waals surface area contributed by atoms with Gasteiger partial charge in [-0.2, -0.15) is 0 Å². The van der Waals surface area contributed by atoms with Gasteiger partial charge in [-0.25, -0.2) is 5.01 Å². The van der Waals surface area contributed by atoms with E-state index in [2.05, 4.69) is 15.8 Å². The lowest BCUT2D eigenvalue weighted by molar-refractivity contribution is -0.143. The van der Waals surface area contributed by atoms with Gasteiger partial charge in [-0.05, 0) is 44.9 Å². The Hall–Kier alpha value is -1.22. The molecule has 2 saturated carbocycles. The molecular formula is C23H39N5O3. The Balaban J connectivity index is 1.21. The number of likely N-dealkylation sites (N-methyl/N-ethyl adjacent to an activating group) is 1. The van der Waals surface area contributed by atoms with Crippen LogP contribution in [0.2, 0.25) is 0 Å². The van der Waals surface area contributed by atoms with Gasteiger partial charge < -0.3 is 19.9 Å². The summed E-state index contributed by atoms with van der Waals surface area (Å²) >= 11 is 0. The molecule has 5 rings (SSSR count). The van der Waals surface area contributed by atoms with Gasteiger partial charge in [-0.3, -0.25) is 15.0 Å². The minimum Gasteiger partial charge on any atom is -0.379 e. The molecule has 0 radical (unpaired) electrons. The number of nitrogens with zero attached hydrogens (tertiary/aromatic N) is 3. The first-order valence-electron chi connectivity index (χ1n) is 12.4. The van der Waals surface area contributed by atoms with Crippen molar-refractivity contribution in [2.75, 3.05) is 46.4 Å². The Morgan fingerprint density at radius 3 is 2.74 bits per heavy atom. The predicted octanol–water partition coefficient (Wildman–Crippen LogP) is 0.582. The Morgan fingerprint density at radius 1 is 1.19 bits per heavy atom. The summed E-state index contributed by atoms with van der Waals surface area (Å²) in [7, 11) is 1.94. The fourth-order valence-corrected chi connectivity index (χ4v) is 6.38. The van der Waals surface area contributed by atoms with Crippen molar-refractivity contribution in [2.24, 2.45) is 11.8 Å². The zero-order valence-corrected chi connectivity index (χ0v) is 19.1. The van der Waals surface area contributed by atoms with Crippen molar-refractivity contribution in [3.8, 4) is 0 Å². The van der Waals surface area contributed by atoms with Crippen molar-refractivity contribution in [1.82, 2.24) is 25.6 Å². The zero-order valence-electron chi connectivity index (χ0n) is 19.1. The Bertz CT molecular complexity index is 685. The van der Waals surface area contributed by atoms with Gasteiger partial charge in [0.15, 0.2) is 0 Å². The lowest BCUT2D eigenvalue weighted by Gasteiger charge is -2.40. The van der Waals surface area contributed by atoms with E-state index in [0.717, 1.165) is 32.4 Å². The van der Waals surface area contributed by atoms with Crippen LogP contribution in [0.25, 0.3) is 0 Å². The fraction of sp³-hybridized carbons (Fsp3) is 0.913. The maximum atomic E-state index is 13.4. The number of hydrogen-bond acceptors (Lipinski definition) is 6. The summed E-state index contributed by atoms with van der Waals surface area (Å²) in [5, 5.41) is 5.84. The predicted molar refractivity (Wildman–Crippen MR) is 117 cm³/mol. The second-order valence-corrected chi connectivity index (χ2v) is 10.4. The molecule has 5 aliphatic rings. The summed E-state index contributed by atoms with van der Waals surface area (Å²) in [6.45, 7) is 6.13. The summed E-state index contributed by atoms with van der Waals surface area (Å²) in [6, 6.07) is 0.547. The molecule has 0 aromatic heterocycles. The Labute approximate surface area is 186 Å². The van der Waals surface area contributed by atoms with E-state index in [4.69, 9.17) is 4.74 Å². The molecular weight excluding hydrogens is 394 g/mol. The highest BCUT2D eigenvalue weighted by molar-refractivity contribution is 5.84. The summed E-state index contributed by atoms with van der Waals surface area (Å²) < 4.78 is 5.67. The van der Waals surface area contributed by atoms with E-state index in [1.54, 1.807) is 0 Å². The van der Waals surface area contributed by atoms with Gasteiger partial charge in [0.05, 0.1) is 30.1 Å². The first-order valence-corrected chi connectivity index (χ1v) is 12.4. The van der Waals surface area contributed by atoms with Crippen LogP contribution in [-0.4, -0.2) is 96.7 Å². The number of hydrogen-bond donors (Lipinski definition) is 2. The molecule has 2 N–H and O–H groups in total. The SMILES string of the molecule is CCOCC1(N(C)C(=O)C2CNN3CCN(C(=O)C4CC5CCCCC5N4)CC23)CC1. The minimum atomic E-state index is -0.116. The number of piperazine rings is 1. The number of hydrazine groups is 1. The number of carbonyl (C=O) groups is 2. The van der Waals surface area contributed by atoms with Crippen LogP contribution in [-0.2, 0) is 14.3 Å². The molecule has 31 heavy (non-hydrogen) atoms. The monoisotopic (exact) mass is 433 g/mol. The van der Waals surface area contributed by atoms with Crippen molar-refractivity contribution < 1.29 is 14.3 Å². The number of nitrogens with one attached hydrogen (secondary N) is 2. The van der Waals surface area contributed by atoms with Crippen LogP contribution in [0.5, 0.6) is 0 Å². The third kappa shape index (κ3) is 4.01. The van der Waals surface area contributed by atoms with Crippen LogP contribution < -0.4 is 10.7 Å². The van der Waals surface area contributed by atoms with Crippen LogP contribution in [0.1, 0.15) is 51.9 Å². The highest BCUT2D eigenvalue weighted by Gasteiger charge is 2.53. The summed E-state index contributed by atoms with van der Waals surface area (Å²) in [4.78, 5) is 30.8. The molecule has 5 unspecified atom stereocenters. The number of ether oxygens (including phenoxy) is 1. The maximum Gasteiger partial charge on any atom is 0.239 e. The van der Waals surface area contributed by atoms with Gasteiger partial charge in [0, 0.05) is 45.9 Å². The van der Waals surface area contributed by atoms with Crippen LogP contribution in [0.4, 0.5) is 0 Å². The summed E-state index contributed by atoms with van der Waals surface area (Å²) in [5.41, 5.74) is 3.31. The molecule has 0 bridgehead atoms. The standard InChI is InChI=1S/C23H39N5O3/c1-3-31-15-23(8-9-23)26(2)21(29)17-13-24-28-11-10-27(14-20(17)28)22(30)19-12-16-6-4-5-7-18(16)25-19/h16-20,24-25H,3-15H2,1-2H3. The van der Waals surface area contributed by atoms with Gasteiger partial charge in [0.1, 0.15) is 0 Å². The van der Waals surface area contributed by atoms with Gasteiger partial charge in [-0.1, -0.05) is 12.8 Å². The average Bonchev–Trinajstić information content (AvgIpc) is 3.27. The summed E-state index contributed by atoms with van der Waals surface area (Å²) in [5.74, 6) is 0.992. The molecule has 3 aliphatic heterocycles. The van der Waals surface area contributed by atoms with Gasteiger partial charge in [0.25, 0.3) is 0 Å². The van der Waals surface area contributed by atoms with Crippen molar-refractivity contribution in [1.29, 1.82) is 0 Å². The first kappa shape index (κ1) is 21.6. The van der Waals surface area contributed by atoms with Gasteiger partial charge in [0.2, 0.25) is 11.8 Å². The van der Waals surface area contributed by atoms with Crippen LogP contribution in [0.3, 0.4) is 0 Å². The molecule has 2 amide bonds. The smallest absolute Gasteiger partial charge is 0.239 e. The third-order valence-corrected chi connectivity index (χ3v) is 8.63. The van der Waals surface area contributed by atoms with Crippen molar-refractivity contribution in [3.05, 3.63) is 0 Å². The molecule has 3 heterocycles. The second-order valence-electron chi connectivity index (χ2n) is 10.4. The molecule has 5 fully saturated rings. The highest BCUT2D eigenvalue weighted by atomic mass is 16.5. The zero-order chi connectivity index (χ0) is 21.6. The minimum absolute atomic E-state index is 0.0354. The normalized spacial score (nSPS) is 36.7. The Kier molecular flexibility index (Phi) is 6.01. The maximum absolute atomic E-state index is 13.4. The van der Waals surface area contributed by atoms with E-state index >= 15 is 0 Å². The number of carbonyl (C=O) groups excluding carboxylic acids is 2. The number of rotatable bonds is 6. The van der Waals surface area contributed by atoms with E-state index in [9.17, 15) is 9.59 Å². The molecule has 2 aliphatic carbocycles. The Morgan fingerprint density at radius 2 is 2.00 bits per heavy atom. The van der Waals surface area contributed by atoms with Gasteiger partial charge in [-0.15, -0.1) is 0 Å². The number of fused-ring (bicyclic) bond motifs is 2. The van der Waals surface area contributed by atoms with Crippen molar-refractivity contribution >= 4 is 11.8 Å². The molecule has 5 atom stereocenters. The molecule has 8 nitrogen and oxygen atoms in total. The third-order valence-electron chi connectivity index (χ3n) is 8.63. The lowest BCUT2D eigenvalue weighted by atomic mass is 9.85. The van der Waals surface area contributed by atoms with E-state index < -0.39 is 0 Å². The van der Waals surface area contributed by atoms with E-state index in [1.165, 1.54) is 25.7 Å². The van der Waals surface area contributed by atoms with Crippen LogP contribution in [0, 0.1) is 11.8 Å². The molecule has 174 valence electrons. The molecule has 0 aromatic rings. The average molecular weight is 434 g/mol. The fourth-order valence-electron chi connectivity index (χ4n) is 6.38. The first-order chi connectivity index (χ1) is 15.0. The summed E-state index contributed by atoms with van der Waals surface area (Å²) in [6.07, 6.45) is 8.07.